The first-order chi connectivity index (χ1) is 18.8. The molecule has 0 radical (unpaired) electrons. The fourth-order valence-electron chi connectivity index (χ4n) is 5.96. The number of carbonyl (C=O) groups is 3. The molecule has 4 rings (SSSR count). The molecule has 3 amide bonds. The zero-order valence-corrected chi connectivity index (χ0v) is 23.9. The van der Waals surface area contributed by atoms with Crippen LogP contribution in [0.3, 0.4) is 0 Å². The van der Waals surface area contributed by atoms with E-state index in [0.717, 1.165) is 12.8 Å². The van der Waals surface area contributed by atoms with Gasteiger partial charge in [-0.05, 0) is 63.2 Å². The zero-order chi connectivity index (χ0) is 27.8. The number of hydrogen-bond acceptors (Lipinski definition) is 5. The summed E-state index contributed by atoms with van der Waals surface area (Å²) in [7, 11) is 1.95. The molecule has 39 heavy (non-hydrogen) atoms. The van der Waals surface area contributed by atoms with E-state index in [0.29, 0.717) is 62.8 Å². The first-order valence-electron chi connectivity index (χ1n) is 14.7. The predicted octanol–water partition coefficient (Wildman–Crippen LogP) is 3.77. The Morgan fingerprint density at radius 3 is 2.54 bits per heavy atom. The van der Waals surface area contributed by atoms with E-state index in [1.165, 1.54) is 19.3 Å². The molecule has 3 aliphatic rings. The number of ether oxygens (including phenoxy) is 1. The highest BCUT2D eigenvalue weighted by Crippen LogP contribution is 2.36. The summed E-state index contributed by atoms with van der Waals surface area (Å²) in [6.45, 7) is 6.63. The summed E-state index contributed by atoms with van der Waals surface area (Å²) in [5.41, 5.74) is -0.0610. The molecule has 8 nitrogen and oxygen atoms in total. The summed E-state index contributed by atoms with van der Waals surface area (Å²) in [5.74, 6) is 0.726. The molecule has 0 aromatic heterocycles. The van der Waals surface area contributed by atoms with Gasteiger partial charge >= 0.3 is 0 Å². The second kappa shape index (κ2) is 13.5. The predicted molar refractivity (Wildman–Crippen MR) is 153 cm³/mol. The molecule has 2 heterocycles. The van der Waals surface area contributed by atoms with Crippen LogP contribution < -0.4 is 15.4 Å². The van der Waals surface area contributed by atoms with Crippen molar-refractivity contribution >= 4 is 17.7 Å². The lowest BCUT2D eigenvalue weighted by atomic mass is 9.74. The van der Waals surface area contributed by atoms with Crippen molar-refractivity contribution in [1.29, 1.82) is 0 Å². The Bertz CT molecular complexity index is 1030. The van der Waals surface area contributed by atoms with Crippen molar-refractivity contribution in [1.82, 2.24) is 20.4 Å². The van der Waals surface area contributed by atoms with Crippen molar-refractivity contribution in [2.45, 2.75) is 77.3 Å². The lowest BCUT2D eigenvalue weighted by Crippen LogP contribution is -2.54. The molecule has 0 unspecified atom stereocenters. The minimum atomic E-state index is -0.551. The smallest absolute Gasteiger partial charge is 0.255 e. The number of piperidine rings is 1. The molecule has 1 aromatic carbocycles. The van der Waals surface area contributed by atoms with Gasteiger partial charge in [0.05, 0.1) is 23.6 Å². The molecule has 1 aromatic rings. The highest BCUT2D eigenvalue weighted by Gasteiger charge is 2.42. The molecule has 1 saturated heterocycles. The maximum absolute atomic E-state index is 13.9. The maximum atomic E-state index is 13.9. The van der Waals surface area contributed by atoms with Crippen LogP contribution in [0.5, 0.6) is 5.75 Å². The van der Waals surface area contributed by atoms with E-state index in [2.05, 4.69) is 29.4 Å². The Hall–Kier alpha value is -2.87. The lowest BCUT2D eigenvalue weighted by molar-refractivity contribution is -0.137. The second-order valence-electron chi connectivity index (χ2n) is 11.9. The van der Waals surface area contributed by atoms with Gasteiger partial charge < -0.3 is 20.3 Å². The fraction of sp³-hybridized carbons (Fsp3) is 0.645. The average molecular weight is 539 g/mol. The Labute approximate surface area is 233 Å². The third kappa shape index (κ3) is 7.41. The van der Waals surface area contributed by atoms with Crippen molar-refractivity contribution in [3.8, 4) is 5.75 Å². The van der Waals surface area contributed by atoms with E-state index in [4.69, 9.17) is 4.74 Å². The van der Waals surface area contributed by atoms with Crippen molar-refractivity contribution in [2.75, 3.05) is 39.8 Å². The molecule has 1 aliphatic carbocycles. The summed E-state index contributed by atoms with van der Waals surface area (Å²) < 4.78 is 6.09. The summed E-state index contributed by atoms with van der Waals surface area (Å²) in [5, 5.41) is 6.24. The molecule has 1 atom stereocenters. The van der Waals surface area contributed by atoms with Gasteiger partial charge in [0, 0.05) is 19.6 Å². The van der Waals surface area contributed by atoms with Gasteiger partial charge in [0.15, 0.2) is 0 Å². The normalized spacial score (nSPS) is 24.2. The second-order valence-corrected chi connectivity index (χ2v) is 11.9. The number of benzene rings is 1. The summed E-state index contributed by atoms with van der Waals surface area (Å²) >= 11 is 0. The van der Waals surface area contributed by atoms with Crippen LogP contribution in [-0.4, -0.2) is 79.4 Å². The SMILES string of the molecule is CC(C)[C@@H]1COc2ccccc2C(=O)NC/C=C/CC2(CCN(CC(=O)N(C)C3CCCCC3)CC2)C(=O)N1. The fourth-order valence-corrected chi connectivity index (χ4v) is 5.96. The topological polar surface area (TPSA) is 91.0 Å². The van der Waals surface area contributed by atoms with E-state index in [-0.39, 0.29) is 36.3 Å². The third-order valence-corrected chi connectivity index (χ3v) is 8.90. The molecule has 2 fully saturated rings. The van der Waals surface area contributed by atoms with Gasteiger partial charge in [0.2, 0.25) is 11.8 Å². The summed E-state index contributed by atoms with van der Waals surface area (Å²) in [4.78, 5) is 43.8. The quantitative estimate of drug-likeness (QED) is 0.570. The Balaban J connectivity index is 1.43. The molecule has 0 bridgehead atoms. The molecular weight excluding hydrogens is 492 g/mol. The average Bonchev–Trinajstić information content (AvgIpc) is 2.95. The number of allylic oxidation sites excluding steroid dienone is 1. The number of hydrogen-bond donors (Lipinski definition) is 2. The Morgan fingerprint density at radius 2 is 1.82 bits per heavy atom. The molecule has 8 heteroatoms. The number of para-hydroxylation sites is 1. The van der Waals surface area contributed by atoms with Gasteiger partial charge in [-0.3, -0.25) is 19.3 Å². The van der Waals surface area contributed by atoms with Crippen LogP contribution in [0.2, 0.25) is 0 Å². The van der Waals surface area contributed by atoms with Crippen LogP contribution in [0.15, 0.2) is 36.4 Å². The highest BCUT2D eigenvalue weighted by molar-refractivity contribution is 5.97. The highest BCUT2D eigenvalue weighted by atomic mass is 16.5. The van der Waals surface area contributed by atoms with Crippen molar-refractivity contribution < 1.29 is 19.1 Å². The van der Waals surface area contributed by atoms with Crippen molar-refractivity contribution in [3.63, 3.8) is 0 Å². The Kier molecular flexibility index (Phi) is 10.1. The minimum absolute atomic E-state index is 0.0501. The number of likely N-dealkylation sites (N-methyl/N-ethyl adjacent to an activating group) is 1. The number of amides is 3. The molecule has 2 aliphatic heterocycles. The molecular formula is C31H46N4O4. The van der Waals surface area contributed by atoms with Gasteiger partial charge in [-0.2, -0.15) is 0 Å². The maximum Gasteiger partial charge on any atom is 0.255 e. The van der Waals surface area contributed by atoms with Crippen LogP contribution in [0.25, 0.3) is 0 Å². The van der Waals surface area contributed by atoms with Crippen LogP contribution in [0, 0.1) is 11.3 Å². The first-order valence-corrected chi connectivity index (χ1v) is 14.7. The van der Waals surface area contributed by atoms with Gasteiger partial charge in [0.25, 0.3) is 5.91 Å². The molecule has 1 spiro atoms. The zero-order valence-electron chi connectivity index (χ0n) is 23.9. The van der Waals surface area contributed by atoms with Gasteiger partial charge in [-0.15, -0.1) is 0 Å². The van der Waals surface area contributed by atoms with E-state index in [1.54, 1.807) is 12.1 Å². The number of nitrogens with zero attached hydrogens (tertiary/aromatic N) is 2. The number of likely N-dealkylation sites (tertiary alicyclic amines) is 1. The van der Waals surface area contributed by atoms with E-state index < -0.39 is 5.41 Å². The summed E-state index contributed by atoms with van der Waals surface area (Å²) in [6, 6.07) is 7.38. The van der Waals surface area contributed by atoms with Gasteiger partial charge in [-0.1, -0.05) is 57.4 Å². The third-order valence-electron chi connectivity index (χ3n) is 8.90. The Morgan fingerprint density at radius 1 is 1.10 bits per heavy atom. The lowest BCUT2D eigenvalue weighted by Gasteiger charge is -2.42. The molecule has 214 valence electrons. The van der Waals surface area contributed by atoms with Gasteiger partial charge in [-0.25, -0.2) is 0 Å². The number of nitrogens with one attached hydrogen (secondary N) is 2. The molecule has 1 saturated carbocycles. The van der Waals surface area contributed by atoms with Gasteiger partial charge in [0.1, 0.15) is 12.4 Å². The van der Waals surface area contributed by atoms with E-state index in [9.17, 15) is 14.4 Å². The largest absolute Gasteiger partial charge is 0.491 e. The number of rotatable bonds is 4. The first kappa shape index (κ1) is 29.1. The van der Waals surface area contributed by atoms with Crippen LogP contribution in [0.1, 0.15) is 75.6 Å². The number of fused-ring (bicyclic) bond motifs is 1. The van der Waals surface area contributed by atoms with Crippen molar-refractivity contribution in [3.05, 3.63) is 42.0 Å². The van der Waals surface area contributed by atoms with Crippen LogP contribution in [-0.2, 0) is 9.59 Å². The summed E-state index contributed by atoms with van der Waals surface area (Å²) in [6.07, 6.45) is 11.8. The molecule has 2 N–H and O–H groups in total. The number of carbonyl (C=O) groups excluding carboxylic acids is 3. The monoisotopic (exact) mass is 538 g/mol. The standard InChI is InChI=1S/C31H46N4O4/c1-23(2)26-22-39-27-14-8-7-13-25(27)29(37)32-18-10-9-15-31(30(38)33-26)16-19-35(20-17-31)21-28(36)34(3)24-11-5-4-6-12-24/h7-10,13-14,23-24,26H,4-6,11-12,15-22H2,1-3H3,(H,32,37)(H,33,38)/b10-9+/t26-/m0/s1. The van der Waals surface area contributed by atoms with E-state index in [1.807, 2.05) is 36.2 Å². The van der Waals surface area contributed by atoms with E-state index >= 15 is 0 Å². The minimum Gasteiger partial charge on any atom is -0.491 e. The van der Waals surface area contributed by atoms with Crippen LogP contribution in [0.4, 0.5) is 0 Å². The van der Waals surface area contributed by atoms with Crippen molar-refractivity contribution in [2.24, 2.45) is 11.3 Å². The van der Waals surface area contributed by atoms with Crippen LogP contribution >= 0.6 is 0 Å².